The topological polar surface area (TPSA) is 37.3 Å². The van der Waals surface area contributed by atoms with E-state index in [2.05, 4.69) is 0 Å². The van der Waals surface area contributed by atoms with E-state index in [-0.39, 0.29) is 24.4 Å². The van der Waals surface area contributed by atoms with Gasteiger partial charge in [0, 0.05) is 12.8 Å². The maximum atomic E-state index is 12.6. The van der Waals surface area contributed by atoms with Gasteiger partial charge >= 0.3 is 6.18 Å². The molecule has 0 bridgehead atoms. The van der Waals surface area contributed by atoms with Crippen LogP contribution in [0, 0.1) is 0 Å². The van der Waals surface area contributed by atoms with Crippen molar-refractivity contribution in [3.05, 3.63) is 65.2 Å². The van der Waals surface area contributed by atoms with E-state index in [0.29, 0.717) is 11.1 Å². The summed E-state index contributed by atoms with van der Waals surface area (Å²) < 4.78 is 37.7. The largest absolute Gasteiger partial charge is 0.508 e. The summed E-state index contributed by atoms with van der Waals surface area (Å²) in [4.78, 5) is 11.9. The number of ketones is 1. The Morgan fingerprint density at radius 2 is 1.57 bits per heavy atom. The van der Waals surface area contributed by atoms with E-state index in [0.717, 1.165) is 12.1 Å². The molecule has 0 spiro atoms. The number of rotatable bonds is 4. The molecule has 2 aromatic carbocycles. The van der Waals surface area contributed by atoms with Crippen LogP contribution in [0.5, 0.6) is 5.75 Å². The Morgan fingerprint density at radius 3 is 2.19 bits per heavy atom. The maximum absolute atomic E-state index is 12.6. The first-order chi connectivity index (χ1) is 9.84. The summed E-state index contributed by atoms with van der Waals surface area (Å²) in [7, 11) is 0. The first-order valence-electron chi connectivity index (χ1n) is 6.30. The van der Waals surface area contributed by atoms with E-state index < -0.39 is 11.7 Å². The Labute approximate surface area is 119 Å². The molecule has 110 valence electrons. The molecule has 0 aliphatic heterocycles. The van der Waals surface area contributed by atoms with Crippen molar-refractivity contribution in [3.63, 3.8) is 0 Å². The van der Waals surface area contributed by atoms with Crippen molar-refractivity contribution in [2.75, 3.05) is 0 Å². The van der Waals surface area contributed by atoms with Crippen molar-refractivity contribution in [2.45, 2.75) is 19.0 Å². The van der Waals surface area contributed by atoms with E-state index in [1.807, 2.05) is 0 Å². The van der Waals surface area contributed by atoms with Crippen LogP contribution in [-0.2, 0) is 23.8 Å². The van der Waals surface area contributed by atoms with Gasteiger partial charge in [-0.1, -0.05) is 30.3 Å². The third-order valence-corrected chi connectivity index (χ3v) is 2.99. The SMILES string of the molecule is O=C(Cc1ccc(O)cc1)Cc1cccc(C(F)(F)F)c1. The number of carbonyl (C=O) groups excluding carboxylic acids is 1. The van der Waals surface area contributed by atoms with Gasteiger partial charge in [-0.25, -0.2) is 0 Å². The molecule has 0 aromatic heterocycles. The maximum Gasteiger partial charge on any atom is 0.416 e. The van der Waals surface area contributed by atoms with E-state index in [1.165, 1.54) is 24.3 Å². The number of phenolic OH excluding ortho intramolecular Hbond substituents is 1. The van der Waals surface area contributed by atoms with Crippen LogP contribution in [0.1, 0.15) is 16.7 Å². The van der Waals surface area contributed by atoms with Crippen LogP contribution >= 0.6 is 0 Å². The standard InChI is InChI=1S/C16H13F3O2/c17-16(18,19)13-3-1-2-12(8-13)10-15(21)9-11-4-6-14(20)7-5-11/h1-8,20H,9-10H2. The highest BCUT2D eigenvalue weighted by atomic mass is 19.4. The summed E-state index contributed by atoms with van der Waals surface area (Å²) in [6.45, 7) is 0. The number of phenols is 1. The lowest BCUT2D eigenvalue weighted by atomic mass is 10.0. The minimum absolute atomic E-state index is 0.0508. The Morgan fingerprint density at radius 1 is 0.952 bits per heavy atom. The number of hydrogen-bond donors (Lipinski definition) is 1. The van der Waals surface area contributed by atoms with Gasteiger partial charge in [0.15, 0.2) is 0 Å². The minimum Gasteiger partial charge on any atom is -0.508 e. The average molecular weight is 294 g/mol. The Balaban J connectivity index is 2.04. The fourth-order valence-electron chi connectivity index (χ4n) is 1.99. The van der Waals surface area contributed by atoms with E-state index in [4.69, 9.17) is 5.11 Å². The third kappa shape index (κ3) is 4.34. The van der Waals surface area contributed by atoms with Gasteiger partial charge in [0.05, 0.1) is 5.56 Å². The summed E-state index contributed by atoms with van der Waals surface area (Å²) >= 11 is 0. The highest BCUT2D eigenvalue weighted by molar-refractivity contribution is 5.83. The third-order valence-electron chi connectivity index (χ3n) is 2.99. The first kappa shape index (κ1) is 15.1. The van der Waals surface area contributed by atoms with Crippen molar-refractivity contribution in [2.24, 2.45) is 0 Å². The fraction of sp³-hybridized carbons (Fsp3) is 0.188. The van der Waals surface area contributed by atoms with Gasteiger partial charge in [0.25, 0.3) is 0 Å². The van der Waals surface area contributed by atoms with Crippen molar-refractivity contribution in [3.8, 4) is 5.75 Å². The van der Waals surface area contributed by atoms with Crippen LogP contribution in [0.4, 0.5) is 13.2 Å². The summed E-state index contributed by atoms with van der Waals surface area (Å²) in [5.74, 6) is -0.0795. The first-order valence-corrected chi connectivity index (χ1v) is 6.30. The molecule has 0 atom stereocenters. The minimum atomic E-state index is -4.41. The van der Waals surface area contributed by atoms with Gasteiger partial charge in [0.2, 0.25) is 0 Å². The quantitative estimate of drug-likeness (QED) is 0.932. The Hall–Kier alpha value is -2.30. The summed E-state index contributed by atoms with van der Waals surface area (Å²) in [5.41, 5.74) is 0.302. The number of hydrogen-bond acceptors (Lipinski definition) is 2. The zero-order valence-electron chi connectivity index (χ0n) is 11.0. The summed E-state index contributed by atoms with van der Waals surface area (Å²) in [6.07, 6.45) is -4.34. The van der Waals surface area contributed by atoms with E-state index in [9.17, 15) is 18.0 Å². The Bertz CT molecular complexity index is 631. The molecule has 0 saturated heterocycles. The second kappa shape index (κ2) is 5.99. The van der Waals surface area contributed by atoms with Gasteiger partial charge in [-0.15, -0.1) is 0 Å². The zero-order chi connectivity index (χ0) is 15.5. The summed E-state index contributed by atoms with van der Waals surface area (Å²) in [5, 5.41) is 9.14. The van der Waals surface area contributed by atoms with E-state index >= 15 is 0 Å². The molecule has 0 fully saturated rings. The second-order valence-electron chi connectivity index (χ2n) is 4.76. The molecule has 2 nitrogen and oxygen atoms in total. The van der Waals surface area contributed by atoms with Gasteiger partial charge in [-0.05, 0) is 29.3 Å². The number of carbonyl (C=O) groups is 1. The van der Waals surface area contributed by atoms with Crippen LogP contribution in [0.25, 0.3) is 0 Å². The van der Waals surface area contributed by atoms with Gasteiger partial charge in [-0.2, -0.15) is 13.2 Å². The molecule has 21 heavy (non-hydrogen) atoms. The number of aromatic hydroxyl groups is 1. The molecule has 0 amide bonds. The van der Waals surface area contributed by atoms with E-state index in [1.54, 1.807) is 12.1 Å². The predicted octanol–water partition coefficient (Wildman–Crippen LogP) is 3.77. The van der Waals surface area contributed by atoms with Crippen LogP contribution < -0.4 is 0 Å². The molecule has 0 aliphatic carbocycles. The van der Waals surface area contributed by atoms with Crippen LogP contribution in [0.3, 0.4) is 0 Å². The van der Waals surface area contributed by atoms with Crippen molar-refractivity contribution >= 4 is 5.78 Å². The molecule has 0 aliphatic rings. The molecule has 5 heteroatoms. The average Bonchev–Trinajstić information content (AvgIpc) is 2.41. The van der Waals surface area contributed by atoms with Crippen molar-refractivity contribution in [1.82, 2.24) is 0 Å². The van der Waals surface area contributed by atoms with Crippen LogP contribution in [-0.4, -0.2) is 10.9 Å². The molecule has 2 rings (SSSR count). The normalized spacial score (nSPS) is 11.4. The lowest BCUT2D eigenvalue weighted by molar-refractivity contribution is -0.137. The molecule has 2 aromatic rings. The lowest BCUT2D eigenvalue weighted by Crippen LogP contribution is -2.09. The molecule has 0 unspecified atom stereocenters. The summed E-state index contributed by atoms with van der Waals surface area (Å²) in [6, 6.07) is 10.9. The zero-order valence-corrected chi connectivity index (χ0v) is 11.0. The molecule has 1 N–H and O–H groups in total. The molecule has 0 radical (unpaired) electrons. The molecule has 0 saturated carbocycles. The lowest BCUT2D eigenvalue weighted by Gasteiger charge is -2.08. The molecule has 0 heterocycles. The van der Waals surface area contributed by atoms with Crippen molar-refractivity contribution < 1.29 is 23.1 Å². The van der Waals surface area contributed by atoms with Crippen LogP contribution in [0.15, 0.2) is 48.5 Å². The smallest absolute Gasteiger partial charge is 0.416 e. The van der Waals surface area contributed by atoms with Gasteiger partial charge in [0.1, 0.15) is 11.5 Å². The second-order valence-corrected chi connectivity index (χ2v) is 4.76. The Kier molecular flexibility index (Phi) is 4.31. The predicted molar refractivity (Wildman–Crippen MR) is 72.0 cm³/mol. The fourth-order valence-corrected chi connectivity index (χ4v) is 1.99. The van der Waals surface area contributed by atoms with Gasteiger partial charge in [-0.3, -0.25) is 4.79 Å². The molecular formula is C16H13F3O2. The molecular weight excluding hydrogens is 281 g/mol. The number of Topliss-reactive ketones (excluding diaryl/α,β-unsaturated/α-hetero) is 1. The number of halogens is 3. The van der Waals surface area contributed by atoms with Crippen LogP contribution in [0.2, 0.25) is 0 Å². The van der Waals surface area contributed by atoms with Gasteiger partial charge < -0.3 is 5.11 Å². The monoisotopic (exact) mass is 294 g/mol. The highest BCUT2D eigenvalue weighted by Gasteiger charge is 2.30. The highest BCUT2D eigenvalue weighted by Crippen LogP contribution is 2.29. The number of benzene rings is 2. The van der Waals surface area contributed by atoms with Crippen molar-refractivity contribution in [1.29, 1.82) is 0 Å². The number of alkyl halides is 3.